The molecule has 0 saturated carbocycles. The minimum Gasteiger partial charge on any atom is -0.379 e. The molecule has 0 amide bonds. The van der Waals surface area contributed by atoms with Crippen molar-refractivity contribution in [3.63, 3.8) is 0 Å². The molecule has 0 radical (unpaired) electrons. The maximum atomic E-state index is 5.14. The van der Waals surface area contributed by atoms with E-state index in [0.717, 1.165) is 39.1 Å². The van der Waals surface area contributed by atoms with Crippen LogP contribution in [0.5, 0.6) is 0 Å². The van der Waals surface area contributed by atoms with Gasteiger partial charge in [0.15, 0.2) is 0 Å². The van der Waals surface area contributed by atoms with Gasteiger partial charge >= 0.3 is 0 Å². The summed E-state index contributed by atoms with van der Waals surface area (Å²) >= 11 is 0. The lowest BCUT2D eigenvalue weighted by molar-refractivity contribution is 0.722. The van der Waals surface area contributed by atoms with Gasteiger partial charge in [0.25, 0.3) is 0 Å². The van der Waals surface area contributed by atoms with Gasteiger partial charge in [-0.2, -0.15) is 0 Å². The Morgan fingerprint density at radius 1 is 0.634 bits per heavy atom. The van der Waals surface area contributed by atoms with E-state index in [1.165, 1.54) is 27.2 Å². The van der Waals surface area contributed by atoms with Crippen LogP contribution in [-0.4, -0.2) is 14.5 Å². The van der Waals surface area contributed by atoms with E-state index < -0.39 is 0 Å². The van der Waals surface area contributed by atoms with Crippen LogP contribution in [0.3, 0.4) is 0 Å². The third kappa shape index (κ3) is 4.09. The number of hydrogen-bond acceptors (Lipinski definition) is 3. The lowest BCUT2D eigenvalue weighted by atomic mass is 9.97. The Hall–Kier alpha value is -5.48. The van der Waals surface area contributed by atoms with E-state index in [-0.39, 0.29) is 6.04 Å². The summed E-state index contributed by atoms with van der Waals surface area (Å²) in [5.74, 6) is 0. The molecule has 3 aromatic heterocycles. The Morgan fingerprint density at radius 2 is 1.44 bits per heavy atom. The Balaban J connectivity index is 1.25. The minimum atomic E-state index is 0.0182. The molecule has 4 nitrogen and oxygen atoms in total. The average Bonchev–Trinajstić information content (AvgIpc) is 3.39. The molecule has 1 aliphatic rings. The van der Waals surface area contributed by atoms with Crippen LogP contribution < -0.4 is 5.32 Å². The number of allylic oxidation sites excluding steroid dienone is 2. The first-order valence-corrected chi connectivity index (χ1v) is 13.9. The van der Waals surface area contributed by atoms with Gasteiger partial charge in [-0.15, -0.1) is 0 Å². The Labute approximate surface area is 237 Å². The number of fused-ring (bicyclic) bond motifs is 4. The first kappa shape index (κ1) is 23.4. The number of pyridine rings is 2. The average molecular weight is 527 g/mol. The second kappa shape index (κ2) is 9.61. The predicted molar refractivity (Wildman–Crippen MR) is 169 cm³/mol. The topological polar surface area (TPSA) is 42.7 Å². The number of para-hydroxylation sites is 1. The van der Waals surface area contributed by atoms with Crippen molar-refractivity contribution in [2.45, 2.75) is 6.04 Å². The van der Waals surface area contributed by atoms with Crippen LogP contribution in [-0.2, 0) is 0 Å². The van der Waals surface area contributed by atoms with Crippen molar-refractivity contribution in [1.29, 1.82) is 0 Å². The molecular weight excluding hydrogens is 500 g/mol. The van der Waals surface area contributed by atoms with Crippen LogP contribution in [0.15, 0.2) is 146 Å². The summed E-state index contributed by atoms with van der Waals surface area (Å²) in [5, 5.41) is 8.28. The molecule has 4 heteroatoms. The molecule has 1 atom stereocenters. The SMILES string of the molecule is C1=CNC(c2cc(-c3ccc4ccccc4c3)cc(-c3ccc(-n4c5ccccc5c5cnccc54)cc3)n2)C=C1. The highest BCUT2D eigenvalue weighted by Crippen LogP contribution is 2.34. The van der Waals surface area contributed by atoms with Crippen molar-refractivity contribution in [1.82, 2.24) is 19.9 Å². The summed E-state index contributed by atoms with van der Waals surface area (Å²) in [7, 11) is 0. The summed E-state index contributed by atoms with van der Waals surface area (Å²) in [6, 6.07) is 38.9. The fourth-order valence-electron chi connectivity index (χ4n) is 5.90. The van der Waals surface area contributed by atoms with Crippen LogP contribution in [0.25, 0.3) is 60.6 Å². The smallest absolute Gasteiger partial charge is 0.0869 e. The number of hydrogen-bond donors (Lipinski definition) is 1. The molecule has 41 heavy (non-hydrogen) atoms. The molecule has 1 unspecified atom stereocenters. The third-order valence-corrected chi connectivity index (χ3v) is 7.93. The van der Waals surface area contributed by atoms with Crippen molar-refractivity contribution in [3.8, 4) is 28.1 Å². The number of rotatable bonds is 4. The number of nitrogens with one attached hydrogen (secondary N) is 1. The van der Waals surface area contributed by atoms with Crippen LogP contribution in [0, 0.1) is 0 Å². The molecule has 4 aromatic carbocycles. The standard InChI is InChI=1S/C37H26N4/c1-2-8-27-21-28(13-12-25(27)7-1)29-22-34(40-35(23-29)33-10-5-6-19-39-33)26-14-16-30(17-15-26)41-36-11-4-3-9-31(36)32-24-38-20-18-37(32)41/h1-24,33,39H. The molecule has 194 valence electrons. The van der Waals surface area contributed by atoms with Gasteiger partial charge in [-0.1, -0.05) is 78.9 Å². The van der Waals surface area contributed by atoms with E-state index >= 15 is 0 Å². The van der Waals surface area contributed by atoms with Crippen molar-refractivity contribution in [2.75, 3.05) is 0 Å². The Kier molecular flexibility index (Phi) is 5.49. The van der Waals surface area contributed by atoms with E-state index in [2.05, 4.69) is 136 Å². The molecule has 1 N–H and O–H groups in total. The molecule has 4 heterocycles. The summed E-state index contributed by atoms with van der Waals surface area (Å²) in [4.78, 5) is 9.53. The van der Waals surface area contributed by atoms with Crippen LogP contribution >= 0.6 is 0 Å². The normalized spacial score (nSPS) is 14.6. The highest BCUT2D eigenvalue weighted by atomic mass is 15.0. The quantitative estimate of drug-likeness (QED) is 0.249. The van der Waals surface area contributed by atoms with Gasteiger partial charge in [0, 0.05) is 34.4 Å². The lowest BCUT2D eigenvalue weighted by Gasteiger charge is -2.18. The van der Waals surface area contributed by atoms with E-state index in [9.17, 15) is 0 Å². The van der Waals surface area contributed by atoms with E-state index in [0.29, 0.717) is 0 Å². The molecule has 0 fully saturated rings. The number of aromatic nitrogens is 3. The van der Waals surface area contributed by atoms with Gasteiger partial charge in [-0.05, 0) is 76.6 Å². The first-order valence-electron chi connectivity index (χ1n) is 13.9. The van der Waals surface area contributed by atoms with E-state index in [1.807, 2.05) is 24.7 Å². The zero-order valence-electron chi connectivity index (χ0n) is 22.3. The molecule has 8 rings (SSSR count). The van der Waals surface area contributed by atoms with Gasteiger partial charge < -0.3 is 9.88 Å². The summed E-state index contributed by atoms with van der Waals surface area (Å²) in [6.45, 7) is 0. The van der Waals surface area contributed by atoms with Crippen molar-refractivity contribution in [2.24, 2.45) is 0 Å². The fraction of sp³-hybridized carbons (Fsp3) is 0.0270. The maximum absolute atomic E-state index is 5.14. The molecule has 1 aliphatic heterocycles. The molecule has 0 spiro atoms. The summed E-state index contributed by atoms with van der Waals surface area (Å²) in [5.41, 5.74) is 8.79. The lowest BCUT2D eigenvalue weighted by Crippen LogP contribution is -2.16. The monoisotopic (exact) mass is 526 g/mol. The van der Waals surface area contributed by atoms with E-state index in [4.69, 9.17) is 4.98 Å². The van der Waals surface area contributed by atoms with Crippen molar-refractivity contribution < 1.29 is 0 Å². The second-order valence-corrected chi connectivity index (χ2v) is 10.4. The number of nitrogens with zero attached hydrogens (tertiary/aromatic N) is 3. The van der Waals surface area contributed by atoms with Crippen molar-refractivity contribution >= 4 is 32.6 Å². The fourth-order valence-corrected chi connectivity index (χ4v) is 5.90. The number of benzene rings is 4. The third-order valence-electron chi connectivity index (χ3n) is 7.93. The van der Waals surface area contributed by atoms with Crippen LogP contribution in [0.4, 0.5) is 0 Å². The highest BCUT2D eigenvalue weighted by Gasteiger charge is 2.16. The van der Waals surface area contributed by atoms with Gasteiger partial charge in [-0.25, -0.2) is 0 Å². The highest BCUT2D eigenvalue weighted by molar-refractivity contribution is 6.08. The summed E-state index contributed by atoms with van der Waals surface area (Å²) in [6.07, 6.45) is 12.0. The predicted octanol–water partition coefficient (Wildman–Crippen LogP) is 8.78. The zero-order valence-corrected chi connectivity index (χ0v) is 22.3. The molecule has 0 bridgehead atoms. The zero-order chi connectivity index (χ0) is 27.2. The van der Waals surface area contributed by atoms with Crippen LogP contribution in [0.1, 0.15) is 11.7 Å². The minimum absolute atomic E-state index is 0.0182. The molecule has 7 aromatic rings. The molecule has 0 aliphatic carbocycles. The van der Waals surface area contributed by atoms with Gasteiger partial charge in [0.05, 0.1) is 28.5 Å². The van der Waals surface area contributed by atoms with Crippen LogP contribution in [0.2, 0.25) is 0 Å². The molecular formula is C37H26N4. The Bertz CT molecular complexity index is 2080. The van der Waals surface area contributed by atoms with Crippen molar-refractivity contribution in [3.05, 3.63) is 152 Å². The second-order valence-electron chi connectivity index (χ2n) is 10.4. The maximum Gasteiger partial charge on any atom is 0.0869 e. The van der Waals surface area contributed by atoms with Gasteiger partial charge in [-0.3, -0.25) is 9.97 Å². The largest absolute Gasteiger partial charge is 0.379 e. The first-order chi connectivity index (χ1) is 20.3. The van der Waals surface area contributed by atoms with Gasteiger partial charge in [0.1, 0.15) is 0 Å². The number of dihydropyridines is 1. The Morgan fingerprint density at radius 3 is 2.32 bits per heavy atom. The van der Waals surface area contributed by atoms with Gasteiger partial charge in [0.2, 0.25) is 0 Å². The van der Waals surface area contributed by atoms with E-state index in [1.54, 1.807) is 0 Å². The molecule has 0 saturated heterocycles. The summed E-state index contributed by atoms with van der Waals surface area (Å²) < 4.78 is 2.31.